The molecule has 10 heteroatoms. The van der Waals surface area contributed by atoms with Crippen LogP contribution >= 0.6 is 34.9 Å². The lowest BCUT2D eigenvalue weighted by atomic mass is 10.4. The number of amides is 1. The first kappa shape index (κ1) is 16.1. The van der Waals surface area contributed by atoms with E-state index in [-0.39, 0.29) is 28.4 Å². The zero-order chi connectivity index (χ0) is 14.6. The molecule has 0 aliphatic carbocycles. The third-order valence-electron chi connectivity index (χ3n) is 2.56. The molecule has 1 aliphatic rings. The average Bonchev–Trinajstić information content (AvgIpc) is 2.94. The molecule has 0 unspecified atom stereocenters. The monoisotopic (exact) mass is 353 g/mol. The van der Waals surface area contributed by atoms with Gasteiger partial charge in [0.25, 0.3) is 0 Å². The van der Waals surface area contributed by atoms with Crippen LogP contribution in [0.15, 0.2) is 4.34 Å². The van der Waals surface area contributed by atoms with Crippen molar-refractivity contribution in [3.8, 4) is 0 Å². The zero-order valence-corrected chi connectivity index (χ0v) is 14.1. The van der Waals surface area contributed by atoms with Crippen molar-refractivity contribution < 1.29 is 13.2 Å². The van der Waals surface area contributed by atoms with Gasteiger partial charge in [-0.1, -0.05) is 30.0 Å². The van der Waals surface area contributed by atoms with E-state index in [1.54, 1.807) is 11.8 Å². The second-order valence-electron chi connectivity index (χ2n) is 4.19. The third-order valence-corrected chi connectivity index (χ3v) is 7.70. The molecule has 0 aromatic carbocycles. The molecule has 0 bridgehead atoms. The molecule has 1 amide bonds. The van der Waals surface area contributed by atoms with Crippen molar-refractivity contribution in [1.29, 1.82) is 0 Å². The fraction of sp³-hybridized carbons (Fsp3) is 0.700. The summed E-state index contributed by atoms with van der Waals surface area (Å²) < 4.78 is 23.4. The van der Waals surface area contributed by atoms with Crippen LogP contribution in [0.5, 0.6) is 0 Å². The Morgan fingerprint density at radius 1 is 1.50 bits per heavy atom. The third kappa shape index (κ3) is 4.90. The summed E-state index contributed by atoms with van der Waals surface area (Å²) in [6.45, 7) is 2.02. The molecule has 1 saturated heterocycles. The lowest BCUT2D eigenvalue weighted by molar-refractivity contribution is -0.113. The van der Waals surface area contributed by atoms with Gasteiger partial charge < -0.3 is 0 Å². The highest BCUT2D eigenvalue weighted by Crippen LogP contribution is 2.26. The van der Waals surface area contributed by atoms with E-state index in [2.05, 4.69) is 15.5 Å². The molecule has 1 fully saturated rings. The predicted molar refractivity (Wildman–Crippen MR) is 84.5 cm³/mol. The van der Waals surface area contributed by atoms with E-state index in [0.717, 1.165) is 10.1 Å². The number of rotatable bonds is 6. The molecular weight excluding hydrogens is 338 g/mol. The largest absolute Gasteiger partial charge is 0.300 e. The molecule has 6 nitrogen and oxygen atoms in total. The van der Waals surface area contributed by atoms with E-state index >= 15 is 0 Å². The van der Waals surface area contributed by atoms with Crippen LogP contribution in [0.2, 0.25) is 0 Å². The topological polar surface area (TPSA) is 89.0 Å². The second kappa shape index (κ2) is 7.10. The van der Waals surface area contributed by atoms with Gasteiger partial charge in [0.1, 0.15) is 0 Å². The van der Waals surface area contributed by atoms with Crippen LogP contribution in [0, 0.1) is 0 Å². The van der Waals surface area contributed by atoms with Gasteiger partial charge in [-0.25, -0.2) is 8.42 Å². The Labute approximate surface area is 130 Å². The summed E-state index contributed by atoms with van der Waals surface area (Å²) in [6, 6.07) is 0. The van der Waals surface area contributed by atoms with E-state index in [0.29, 0.717) is 11.6 Å². The Kier molecular flexibility index (Phi) is 5.70. The van der Waals surface area contributed by atoms with Crippen LogP contribution in [0.25, 0.3) is 0 Å². The number of anilines is 1. The van der Waals surface area contributed by atoms with E-state index in [4.69, 9.17) is 0 Å². The molecule has 0 spiro atoms. The Hall–Kier alpha value is -0.320. The molecule has 0 saturated carbocycles. The first-order valence-corrected chi connectivity index (χ1v) is 10.7. The van der Waals surface area contributed by atoms with Gasteiger partial charge in [0.05, 0.1) is 17.3 Å². The highest BCUT2D eigenvalue weighted by atomic mass is 32.2. The normalized spacial score (nSPS) is 20.9. The fourth-order valence-electron chi connectivity index (χ4n) is 1.68. The molecule has 1 aromatic heterocycles. The summed E-state index contributed by atoms with van der Waals surface area (Å²) >= 11 is 4.32. The minimum Gasteiger partial charge on any atom is -0.300 e. The molecule has 1 aromatic rings. The maximum absolute atomic E-state index is 11.7. The minimum atomic E-state index is -2.88. The first-order chi connectivity index (χ1) is 9.48. The number of hydrogen-bond acceptors (Lipinski definition) is 8. The summed E-state index contributed by atoms with van der Waals surface area (Å²) in [5.41, 5.74) is 0. The molecule has 2 heterocycles. The summed E-state index contributed by atoms with van der Waals surface area (Å²) in [4.78, 5) is 11.7. The molecular formula is C10H15N3O3S4. The molecule has 1 aliphatic heterocycles. The van der Waals surface area contributed by atoms with Gasteiger partial charge in [-0.2, -0.15) is 0 Å². The van der Waals surface area contributed by atoms with Gasteiger partial charge >= 0.3 is 0 Å². The van der Waals surface area contributed by atoms with Crippen molar-refractivity contribution in [2.24, 2.45) is 0 Å². The van der Waals surface area contributed by atoms with Gasteiger partial charge in [-0.05, 0) is 12.2 Å². The van der Waals surface area contributed by atoms with Crippen LogP contribution < -0.4 is 5.32 Å². The minimum absolute atomic E-state index is 0.0337. The average molecular weight is 354 g/mol. The van der Waals surface area contributed by atoms with Crippen molar-refractivity contribution in [1.82, 2.24) is 10.2 Å². The maximum Gasteiger partial charge on any atom is 0.236 e. The van der Waals surface area contributed by atoms with E-state index in [1.807, 2.05) is 6.92 Å². The number of carbonyl (C=O) groups excluding carboxylic acids is 1. The van der Waals surface area contributed by atoms with E-state index in [9.17, 15) is 13.2 Å². The number of nitrogens with one attached hydrogen (secondary N) is 1. The van der Waals surface area contributed by atoms with E-state index in [1.165, 1.54) is 23.1 Å². The second-order valence-corrected chi connectivity index (χ2v) is 10.2. The SMILES string of the molecule is CCSc1nnc(NC(=O)CS[C@@H]2CCS(=O)(=O)C2)s1. The quantitative estimate of drug-likeness (QED) is 0.612. The Bertz CT molecular complexity index is 572. The van der Waals surface area contributed by atoms with Crippen LogP contribution in [0.3, 0.4) is 0 Å². The Balaban J connectivity index is 1.75. The highest BCUT2D eigenvalue weighted by Gasteiger charge is 2.28. The van der Waals surface area contributed by atoms with Crippen molar-refractivity contribution >= 4 is 55.7 Å². The number of carbonyl (C=O) groups is 1. The number of hydrogen-bond donors (Lipinski definition) is 1. The lowest BCUT2D eigenvalue weighted by Crippen LogP contribution is -2.17. The van der Waals surface area contributed by atoms with Crippen LogP contribution in [-0.4, -0.2) is 52.8 Å². The highest BCUT2D eigenvalue weighted by molar-refractivity contribution is 8.02. The van der Waals surface area contributed by atoms with Crippen molar-refractivity contribution in [3.63, 3.8) is 0 Å². The van der Waals surface area contributed by atoms with Gasteiger partial charge in [0.15, 0.2) is 14.2 Å². The zero-order valence-electron chi connectivity index (χ0n) is 10.9. The molecule has 1 atom stereocenters. The number of nitrogens with zero attached hydrogens (tertiary/aromatic N) is 2. The van der Waals surface area contributed by atoms with Crippen molar-refractivity contribution in [2.45, 2.75) is 22.9 Å². The van der Waals surface area contributed by atoms with Crippen LogP contribution in [0.1, 0.15) is 13.3 Å². The summed E-state index contributed by atoms with van der Waals surface area (Å²) in [6.07, 6.45) is 0.635. The van der Waals surface area contributed by atoms with Gasteiger partial charge in [-0.15, -0.1) is 22.0 Å². The van der Waals surface area contributed by atoms with Gasteiger partial charge in [0.2, 0.25) is 11.0 Å². The van der Waals surface area contributed by atoms with Crippen molar-refractivity contribution in [3.05, 3.63) is 0 Å². The molecule has 2 rings (SSSR count). The molecule has 1 N–H and O–H groups in total. The van der Waals surface area contributed by atoms with Crippen molar-refractivity contribution in [2.75, 3.05) is 28.3 Å². The fourth-order valence-corrected chi connectivity index (χ4v) is 6.79. The lowest BCUT2D eigenvalue weighted by Gasteiger charge is -2.06. The predicted octanol–water partition coefficient (Wildman–Crippen LogP) is 1.51. The summed E-state index contributed by atoms with van der Waals surface area (Å²) in [5.74, 6) is 1.41. The smallest absolute Gasteiger partial charge is 0.236 e. The molecule has 112 valence electrons. The first-order valence-electron chi connectivity index (χ1n) is 6.06. The van der Waals surface area contributed by atoms with Gasteiger partial charge in [-0.3, -0.25) is 10.1 Å². The number of sulfone groups is 1. The van der Waals surface area contributed by atoms with E-state index < -0.39 is 9.84 Å². The summed E-state index contributed by atoms with van der Waals surface area (Å²) in [5, 5.41) is 11.0. The van der Waals surface area contributed by atoms with Gasteiger partial charge in [0, 0.05) is 5.25 Å². The standard InChI is InChI=1S/C10H15N3O3S4/c1-2-17-10-13-12-9(19-10)11-8(14)5-18-7-3-4-20(15,16)6-7/h7H,2-6H2,1H3,(H,11,12,14)/t7-/m1/s1. The molecule has 0 radical (unpaired) electrons. The van der Waals surface area contributed by atoms with Crippen LogP contribution in [0.4, 0.5) is 5.13 Å². The van der Waals surface area contributed by atoms with Crippen LogP contribution in [-0.2, 0) is 14.6 Å². The molecule has 20 heavy (non-hydrogen) atoms. The maximum atomic E-state index is 11.7. The Morgan fingerprint density at radius 3 is 2.95 bits per heavy atom. The number of thioether (sulfide) groups is 2. The number of aromatic nitrogens is 2. The summed E-state index contributed by atoms with van der Waals surface area (Å²) in [7, 11) is -2.88. The Morgan fingerprint density at radius 2 is 2.30 bits per heavy atom.